The van der Waals surface area contributed by atoms with Crippen molar-refractivity contribution in [2.24, 2.45) is 0 Å². The molecule has 5 nitrogen and oxygen atoms in total. The zero-order valence-electron chi connectivity index (χ0n) is 9.85. The van der Waals surface area contributed by atoms with Crippen molar-refractivity contribution in [2.45, 2.75) is 32.2 Å². The van der Waals surface area contributed by atoms with Crippen LogP contribution >= 0.6 is 11.8 Å². The molecule has 0 atom stereocenters. The van der Waals surface area contributed by atoms with Crippen molar-refractivity contribution >= 4 is 28.8 Å². The van der Waals surface area contributed by atoms with Crippen molar-refractivity contribution in [3.05, 3.63) is 0 Å². The minimum atomic E-state index is -0.166. The van der Waals surface area contributed by atoms with Crippen LogP contribution in [0.25, 0.3) is 0 Å². The van der Waals surface area contributed by atoms with Crippen LogP contribution in [0.4, 0.5) is 4.79 Å². The predicted molar refractivity (Wildman–Crippen MR) is 64.6 cm³/mol. The first kappa shape index (κ1) is 12.4. The number of thioether (sulfide) groups is 1. The summed E-state index contributed by atoms with van der Waals surface area (Å²) in [7, 11) is 0. The van der Waals surface area contributed by atoms with E-state index < -0.39 is 0 Å². The van der Waals surface area contributed by atoms with E-state index >= 15 is 0 Å². The Kier molecular flexibility index (Phi) is 3.71. The third-order valence-corrected chi connectivity index (χ3v) is 3.94. The van der Waals surface area contributed by atoms with Crippen LogP contribution in [0.1, 0.15) is 26.2 Å². The molecule has 0 saturated carbocycles. The maximum Gasteiger partial charge on any atom is 0.289 e. The smallest absolute Gasteiger partial charge is 0.289 e. The molecule has 0 radical (unpaired) electrons. The number of carbonyl (C=O) groups is 3. The van der Waals surface area contributed by atoms with Gasteiger partial charge in [0.05, 0.1) is 11.8 Å². The molecule has 0 aromatic rings. The van der Waals surface area contributed by atoms with Crippen LogP contribution in [-0.2, 0) is 9.59 Å². The molecule has 2 fully saturated rings. The molecule has 2 heterocycles. The second-order valence-corrected chi connectivity index (χ2v) is 5.30. The van der Waals surface area contributed by atoms with Crippen molar-refractivity contribution < 1.29 is 14.4 Å². The number of hydrogen-bond acceptors (Lipinski definition) is 4. The summed E-state index contributed by atoms with van der Waals surface area (Å²) < 4.78 is 0. The van der Waals surface area contributed by atoms with Gasteiger partial charge in [-0.05, 0) is 6.42 Å². The average molecular weight is 256 g/mol. The van der Waals surface area contributed by atoms with Crippen LogP contribution in [0, 0.1) is 0 Å². The Balaban J connectivity index is 1.80. The molecule has 0 aromatic carbocycles. The topological polar surface area (TPSA) is 57.7 Å². The third-order valence-electron chi connectivity index (χ3n) is 3.11. The number of imide groups is 1. The molecule has 0 aliphatic carbocycles. The maximum absolute atomic E-state index is 11.6. The van der Waals surface area contributed by atoms with E-state index in [4.69, 9.17) is 0 Å². The van der Waals surface area contributed by atoms with E-state index in [1.807, 2.05) is 6.92 Å². The van der Waals surface area contributed by atoms with Crippen molar-refractivity contribution in [3.8, 4) is 0 Å². The number of hydrogen-bond donors (Lipinski definition) is 0. The zero-order chi connectivity index (χ0) is 12.4. The van der Waals surface area contributed by atoms with E-state index in [9.17, 15) is 14.4 Å². The van der Waals surface area contributed by atoms with Gasteiger partial charge in [0.15, 0.2) is 0 Å². The Labute approximate surface area is 105 Å². The third kappa shape index (κ3) is 2.46. The molecule has 0 aromatic heterocycles. The molecular formula is C11H16N2O3S. The summed E-state index contributed by atoms with van der Waals surface area (Å²) >= 11 is 1.05. The van der Waals surface area contributed by atoms with E-state index in [2.05, 4.69) is 0 Å². The van der Waals surface area contributed by atoms with Gasteiger partial charge in [-0.25, -0.2) is 0 Å². The Bertz CT molecular complexity index is 337. The zero-order valence-corrected chi connectivity index (χ0v) is 10.7. The molecule has 2 aliphatic rings. The van der Waals surface area contributed by atoms with Gasteiger partial charge in [-0.2, -0.15) is 0 Å². The highest BCUT2D eigenvalue weighted by Crippen LogP contribution is 2.26. The highest BCUT2D eigenvalue weighted by Gasteiger charge is 2.42. The van der Waals surface area contributed by atoms with Crippen LogP contribution in [0.5, 0.6) is 0 Å². The average Bonchev–Trinajstić information content (AvgIpc) is 2.56. The van der Waals surface area contributed by atoms with Crippen LogP contribution in [-0.4, -0.2) is 51.7 Å². The molecule has 2 rings (SSSR count). The lowest BCUT2D eigenvalue weighted by Gasteiger charge is -2.42. The van der Waals surface area contributed by atoms with Gasteiger partial charge in [0.1, 0.15) is 0 Å². The number of unbranched alkanes of at least 4 members (excludes halogenated alkanes) is 1. The number of carbonyl (C=O) groups excluding carboxylic acids is 3. The standard InChI is InChI=1S/C11H16N2O3S/c1-2-3-4-9(14)12-5-8(6-12)13-10(15)7-17-11(13)16/h8H,2-7H2,1H3. The van der Waals surface area contributed by atoms with Gasteiger partial charge >= 0.3 is 0 Å². The van der Waals surface area contributed by atoms with Crippen molar-refractivity contribution in [3.63, 3.8) is 0 Å². The SMILES string of the molecule is CCCCC(=O)N1CC(N2C(=O)CSC2=O)C1. The van der Waals surface area contributed by atoms with Crippen molar-refractivity contribution in [1.82, 2.24) is 9.80 Å². The summed E-state index contributed by atoms with van der Waals surface area (Å²) in [5.74, 6) is 0.263. The molecular weight excluding hydrogens is 240 g/mol. The van der Waals surface area contributed by atoms with Crippen LogP contribution in [0.2, 0.25) is 0 Å². The number of likely N-dealkylation sites (tertiary alicyclic amines) is 1. The first-order valence-electron chi connectivity index (χ1n) is 5.90. The molecule has 0 bridgehead atoms. The summed E-state index contributed by atoms with van der Waals surface area (Å²) in [6.07, 6.45) is 2.47. The van der Waals surface area contributed by atoms with E-state index in [-0.39, 0.29) is 28.8 Å². The summed E-state index contributed by atoms with van der Waals surface area (Å²) in [6, 6.07) is -0.0874. The second kappa shape index (κ2) is 5.08. The fourth-order valence-electron chi connectivity index (χ4n) is 2.03. The van der Waals surface area contributed by atoms with Crippen molar-refractivity contribution in [1.29, 1.82) is 0 Å². The van der Waals surface area contributed by atoms with Crippen LogP contribution in [0.15, 0.2) is 0 Å². The highest BCUT2D eigenvalue weighted by molar-refractivity contribution is 8.14. The molecule has 0 N–H and O–H groups in total. The van der Waals surface area contributed by atoms with Gasteiger partial charge in [0.25, 0.3) is 5.24 Å². The van der Waals surface area contributed by atoms with Crippen LogP contribution < -0.4 is 0 Å². The lowest BCUT2D eigenvalue weighted by Crippen LogP contribution is -2.62. The largest absolute Gasteiger partial charge is 0.338 e. The number of rotatable bonds is 4. The Morgan fingerprint density at radius 3 is 2.65 bits per heavy atom. The molecule has 0 unspecified atom stereocenters. The molecule has 6 heteroatoms. The molecule has 3 amide bonds. The van der Waals surface area contributed by atoms with Gasteiger partial charge in [0, 0.05) is 19.5 Å². The first-order valence-corrected chi connectivity index (χ1v) is 6.88. The van der Waals surface area contributed by atoms with Gasteiger partial charge in [-0.3, -0.25) is 19.3 Å². The van der Waals surface area contributed by atoms with Crippen molar-refractivity contribution in [2.75, 3.05) is 18.8 Å². The predicted octanol–water partition coefficient (Wildman–Crippen LogP) is 1.08. The van der Waals surface area contributed by atoms with E-state index in [0.29, 0.717) is 19.5 Å². The van der Waals surface area contributed by atoms with E-state index in [1.54, 1.807) is 4.90 Å². The summed E-state index contributed by atoms with van der Waals surface area (Å²) in [5.41, 5.74) is 0. The fourth-order valence-corrected chi connectivity index (χ4v) is 2.80. The molecule has 17 heavy (non-hydrogen) atoms. The second-order valence-electron chi connectivity index (χ2n) is 4.37. The normalized spacial score (nSPS) is 21.0. The fraction of sp³-hybridized carbons (Fsp3) is 0.727. The van der Waals surface area contributed by atoms with E-state index in [0.717, 1.165) is 24.6 Å². The lowest BCUT2D eigenvalue weighted by atomic mass is 10.1. The maximum atomic E-state index is 11.6. The lowest BCUT2D eigenvalue weighted by molar-refractivity contribution is -0.142. The number of amides is 3. The summed E-state index contributed by atoms with van der Waals surface area (Å²) in [5, 5.41) is -0.166. The minimum absolute atomic E-state index is 0.0874. The number of nitrogens with zero attached hydrogens (tertiary/aromatic N) is 2. The Morgan fingerprint density at radius 1 is 1.41 bits per heavy atom. The van der Waals surface area contributed by atoms with Gasteiger partial charge in [-0.1, -0.05) is 25.1 Å². The van der Waals surface area contributed by atoms with Gasteiger partial charge in [-0.15, -0.1) is 0 Å². The molecule has 2 aliphatic heterocycles. The highest BCUT2D eigenvalue weighted by atomic mass is 32.2. The quantitative estimate of drug-likeness (QED) is 0.755. The minimum Gasteiger partial charge on any atom is -0.338 e. The van der Waals surface area contributed by atoms with Gasteiger partial charge < -0.3 is 4.90 Å². The monoisotopic (exact) mass is 256 g/mol. The molecule has 94 valence electrons. The Morgan fingerprint density at radius 2 is 2.12 bits per heavy atom. The van der Waals surface area contributed by atoms with Gasteiger partial charge in [0.2, 0.25) is 11.8 Å². The summed E-state index contributed by atoms with van der Waals surface area (Å²) in [4.78, 5) is 37.6. The summed E-state index contributed by atoms with van der Waals surface area (Å²) in [6.45, 7) is 3.08. The Hall–Kier alpha value is -1.04. The van der Waals surface area contributed by atoms with Crippen LogP contribution in [0.3, 0.4) is 0 Å². The molecule has 2 saturated heterocycles. The molecule has 0 spiro atoms. The first-order chi connectivity index (χ1) is 8.13. The van der Waals surface area contributed by atoms with E-state index in [1.165, 1.54) is 4.90 Å².